The lowest BCUT2D eigenvalue weighted by atomic mass is 9.93. The van der Waals surface area contributed by atoms with Crippen LogP contribution in [0, 0.1) is 5.92 Å². The monoisotopic (exact) mass is 239 g/mol. The molecule has 1 rings (SSSR count). The van der Waals surface area contributed by atoms with Crippen LogP contribution in [-0.4, -0.2) is 12.6 Å². The SMILES string of the molecule is CCCC(CCC)C1=C(CC)NCC(CC)O1. The van der Waals surface area contributed by atoms with E-state index in [0.29, 0.717) is 12.0 Å². The van der Waals surface area contributed by atoms with Crippen LogP contribution >= 0.6 is 0 Å². The molecule has 1 unspecified atom stereocenters. The van der Waals surface area contributed by atoms with Crippen molar-refractivity contribution in [2.45, 2.75) is 72.3 Å². The first-order chi connectivity index (χ1) is 8.26. The van der Waals surface area contributed by atoms with Gasteiger partial charge in [0.2, 0.25) is 0 Å². The highest BCUT2D eigenvalue weighted by atomic mass is 16.5. The minimum absolute atomic E-state index is 0.372. The Labute approximate surface area is 107 Å². The van der Waals surface area contributed by atoms with Crippen LogP contribution in [-0.2, 0) is 4.74 Å². The predicted octanol–water partition coefficient (Wildman–Crippen LogP) is 4.22. The standard InChI is InChI=1S/C15H29NO/c1-5-9-12(10-6-2)15-14(8-4)16-11-13(7-3)17-15/h12-13,16H,5-11H2,1-4H3. The van der Waals surface area contributed by atoms with Gasteiger partial charge in [-0.05, 0) is 25.7 Å². The van der Waals surface area contributed by atoms with Gasteiger partial charge in [-0.2, -0.15) is 0 Å². The molecule has 1 heterocycles. The molecule has 2 heteroatoms. The molecule has 2 nitrogen and oxygen atoms in total. The lowest BCUT2D eigenvalue weighted by Gasteiger charge is -2.33. The molecule has 1 N–H and O–H groups in total. The quantitative estimate of drug-likeness (QED) is 0.718. The molecule has 0 amide bonds. The zero-order chi connectivity index (χ0) is 12.7. The van der Waals surface area contributed by atoms with Crippen LogP contribution in [0.5, 0.6) is 0 Å². The number of rotatable bonds is 7. The first-order valence-corrected chi connectivity index (χ1v) is 7.40. The molecule has 100 valence electrons. The van der Waals surface area contributed by atoms with Crippen molar-refractivity contribution in [3.8, 4) is 0 Å². The summed E-state index contributed by atoms with van der Waals surface area (Å²) in [5.41, 5.74) is 1.35. The molecule has 0 aromatic carbocycles. The number of allylic oxidation sites excluding steroid dienone is 2. The minimum Gasteiger partial charge on any atom is -0.491 e. The molecule has 0 bridgehead atoms. The normalized spacial score (nSPS) is 20.4. The Hall–Kier alpha value is -0.660. The maximum atomic E-state index is 6.22. The summed E-state index contributed by atoms with van der Waals surface area (Å²) in [5.74, 6) is 1.90. The van der Waals surface area contributed by atoms with E-state index in [9.17, 15) is 0 Å². The van der Waals surface area contributed by atoms with Gasteiger partial charge < -0.3 is 10.1 Å². The Bertz CT molecular complexity index is 241. The summed E-state index contributed by atoms with van der Waals surface area (Å²) < 4.78 is 6.22. The van der Waals surface area contributed by atoms with Gasteiger partial charge in [0.05, 0.1) is 6.54 Å². The summed E-state index contributed by atoms with van der Waals surface area (Å²) >= 11 is 0. The van der Waals surface area contributed by atoms with E-state index in [0.717, 1.165) is 19.4 Å². The average Bonchev–Trinajstić information content (AvgIpc) is 2.37. The fourth-order valence-corrected chi connectivity index (χ4v) is 2.59. The molecule has 1 aliphatic rings. The van der Waals surface area contributed by atoms with E-state index in [4.69, 9.17) is 4.74 Å². The molecule has 0 spiro atoms. The third-order valence-electron chi connectivity index (χ3n) is 3.59. The third-order valence-corrected chi connectivity index (χ3v) is 3.59. The lowest BCUT2D eigenvalue weighted by Crippen LogP contribution is -2.36. The molecule has 0 aromatic rings. The molecule has 1 atom stereocenters. The first kappa shape index (κ1) is 14.4. The van der Waals surface area contributed by atoms with Gasteiger partial charge in [-0.3, -0.25) is 0 Å². The highest BCUT2D eigenvalue weighted by molar-refractivity contribution is 5.13. The van der Waals surface area contributed by atoms with Gasteiger partial charge in [-0.25, -0.2) is 0 Å². The summed E-state index contributed by atoms with van der Waals surface area (Å²) in [4.78, 5) is 0. The molecule has 0 saturated carbocycles. The Balaban J connectivity index is 2.81. The highest BCUT2D eigenvalue weighted by Crippen LogP contribution is 2.30. The predicted molar refractivity (Wildman–Crippen MR) is 73.8 cm³/mol. The minimum atomic E-state index is 0.372. The largest absolute Gasteiger partial charge is 0.491 e. The van der Waals surface area contributed by atoms with Crippen molar-refractivity contribution in [3.05, 3.63) is 11.5 Å². The van der Waals surface area contributed by atoms with Gasteiger partial charge in [0.25, 0.3) is 0 Å². The van der Waals surface area contributed by atoms with Crippen molar-refractivity contribution in [3.63, 3.8) is 0 Å². The van der Waals surface area contributed by atoms with Crippen molar-refractivity contribution in [2.24, 2.45) is 5.92 Å². The smallest absolute Gasteiger partial charge is 0.118 e. The van der Waals surface area contributed by atoms with E-state index in [2.05, 4.69) is 33.0 Å². The van der Waals surface area contributed by atoms with Crippen LogP contribution in [0.2, 0.25) is 0 Å². The first-order valence-electron chi connectivity index (χ1n) is 7.40. The third kappa shape index (κ3) is 3.93. The number of nitrogens with one attached hydrogen (secondary N) is 1. The molecule has 0 fully saturated rings. The van der Waals surface area contributed by atoms with Crippen molar-refractivity contribution in [2.75, 3.05) is 6.54 Å². The van der Waals surface area contributed by atoms with E-state index in [1.54, 1.807) is 0 Å². The molecule has 0 radical (unpaired) electrons. The number of hydrogen-bond acceptors (Lipinski definition) is 2. The van der Waals surface area contributed by atoms with Crippen molar-refractivity contribution in [1.82, 2.24) is 5.32 Å². The molecule has 0 aromatic heterocycles. The summed E-state index contributed by atoms with van der Waals surface area (Å²) in [6, 6.07) is 0. The van der Waals surface area contributed by atoms with Crippen LogP contribution in [0.3, 0.4) is 0 Å². The topological polar surface area (TPSA) is 21.3 Å². The van der Waals surface area contributed by atoms with Crippen LogP contribution in [0.4, 0.5) is 0 Å². The van der Waals surface area contributed by atoms with E-state index in [1.807, 2.05) is 0 Å². The summed E-state index contributed by atoms with van der Waals surface area (Å²) in [6.07, 6.45) is 7.52. The highest BCUT2D eigenvalue weighted by Gasteiger charge is 2.25. The summed E-state index contributed by atoms with van der Waals surface area (Å²) in [6.45, 7) is 9.93. The van der Waals surface area contributed by atoms with Crippen LogP contribution < -0.4 is 5.32 Å². The van der Waals surface area contributed by atoms with E-state index in [-0.39, 0.29) is 0 Å². The van der Waals surface area contributed by atoms with E-state index >= 15 is 0 Å². The fraction of sp³-hybridized carbons (Fsp3) is 0.867. The molecule has 0 saturated heterocycles. The Morgan fingerprint density at radius 1 is 1.18 bits per heavy atom. The van der Waals surface area contributed by atoms with Crippen molar-refractivity contribution < 1.29 is 4.74 Å². The summed E-state index contributed by atoms with van der Waals surface area (Å²) in [7, 11) is 0. The van der Waals surface area contributed by atoms with E-state index < -0.39 is 0 Å². The van der Waals surface area contributed by atoms with Gasteiger partial charge in [-0.15, -0.1) is 0 Å². The van der Waals surface area contributed by atoms with Gasteiger partial charge in [0.1, 0.15) is 11.9 Å². The second kappa shape index (κ2) is 7.62. The maximum absolute atomic E-state index is 6.22. The molecular formula is C15H29NO. The van der Waals surface area contributed by atoms with Gasteiger partial charge >= 0.3 is 0 Å². The van der Waals surface area contributed by atoms with E-state index in [1.165, 1.54) is 37.1 Å². The lowest BCUT2D eigenvalue weighted by molar-refractivity contribution is 0.0660. The van der Waals surface area contributed by atoms with Crippen LogP contribution in [0.1, 0.15) is 66.2 Å². The van der Waals surface area contributed by atoms with Crippen molar-refractivity contribution >= 4 is 0 Å². The zero-order valence-electron chi connectivity index (χ0n) is 12.0. The Morgan fingerprint density at radius 2 is 1.82 bits per heavy atom. The molecular weight excluding hydrogens is 210 g/mol. The molecule has 0 aliphatic carbocycles. The number of ether oxygens (including phenoxy) is 1. The summed E-state index contributed by atoms with van der Waals surface area (Å²) in [5, 5.41) is 3.57. The number of hydrogen-bond donors (Lipinski definition) is 1. The second-order valence-electron chi connectivity index (χ2n) is 5.00. The fourth-order valence-electron chi connectivity index (χ4n) is 2.59. The Morgan fingerprint density at radius 3 is 2.29 bits per heavy atom. The molecule has 17 heavy (non-hydrogen) atoms. The van der Waals surface area contributed by atoms with Crippen LogP contribution in [0.15, 0.2) is 11.5 Å². The van der Waals surface area contributed by atoms with Crippen LogP contribution in [0.25, 0.3) is 0 Å². The maximum Gasteiger partial charge on any atom is 0.118 e. The zero-order valence-corrected chi connectivity index (χ0v) is 12.0. The van der Waals surface area contributed by atoms with Gasteiger partial charge in [0, 0.05) is 11.6 Å². The van der Waals surface area contributed by atoms with Gasteiger partial charge in [-0.1, -0.05) is 40.5 Å². The van der Waals surface area contributed by atoms with Crippen molar-refractivity contribution in [1.29, 1.82) is 0 Å². The molecule has 1 aliphatic heterocycles. The Kier molecular flexibility index (Phi) is 6.46. The average molecular weight is 239 g/mol. The van der Waals surface area contributed by atoms with Gasteiger partial charge in [0.15, 0.2) is 0 Å². The second-order valence-corrected chi connectivity index (χ2v) is 5.00.